The van der Waals surface area contributed by atoms with Gasteiger partial charge in [0.1, 0.15) is 5.82 Å². The van der Waals surface area contributed by atoms with Gasteiger partial charge in [-0.3, -0.25) is 15.0 Å². The van der Waals surface area contributed by atoms with Crippen molar-refractivity contribution in [3.05, 3.63) is 82.4 Å². The van der Waals surface area contributed by atoms with E-state index in [1.54, 1.807) is 12.1 Å². The van der Waals surface area contributed by atoms with Crippen LogP contribution in [-0.4, -0.2) is 56.1 Å². The first-order valence-corrected chi connectivity index (χ1v) is 12.0. The lowest BCUT2D eigenvalue weighted by Gasteiger charge is -2.37. The van der Waals surface area contributed by atoms with Gasteiger partial charge in [0, 0.05) is 61.2 Å². The van der Waals surface area contributed by atoms with Crippen LogP contribution in [0.15, 0.2) is 65.2 Å². The Balaban J connectivity index is 1.28. The van der Waals surface area contributed by atoms with Gasteiger partial charge in [0.25, 0.3) is 5.69 Å². The standard InChI is InChI=1S/C26H27N7O3/c1-3-21-17-23(28-24(27-21)20-9-11-22(12-10-20)33(34)35)32-15-13-31(14-16-32)18(2)26-29-25(30-36-26)19-7-5-4-6-8-19/h4-12,17-18H,3,13-16H2,1-2H3. The molecule has 1 fully saturated rings. The van der Waals surface area contributed by atoms with Gasteiger partial charge in [0.05, 0.1) is 11.0 Å². The molecule has 3 heterocycles. The minimum absolute atomic E-state index is 0.00406. The molecule has 0 bridgehead atoms. The van der Waals surface area contributed by atoms with E-state index in [1.165, 1.54) is 12.1 Å². The van der Waals surface area contributed by atoms with Crippen molar-refractivity contribution in [2.24, 2.45) is 0 Å². The van der Waals surface area contributed by atoms with Gasteiger partial charge in [0.15, 0.2) is 5.82 Å². The van der Waals surface area contributed by atoms with Crippen LogP contribution in [0.25, 0.3) is 22.8 Å². The Bertz CT molecular complexity index is 1330. The molecule has 2 aromatic heterocycles. The van der Waals surface area contributed by atoms with Gasteiger partial charge in [-0.15, -0.1) is 0 Å². The molecule has 5 rings (SSSR count). The molecule has 2 aromatic carbocycles. The fraction of sp³-hybridized carbons (Fsp3) is 0.308. The van der Waals surface area contributed by atoms with E-state index in [1.807, 2.05) is 36.4 Å². The molecule has 184 valence electrons. The van der Waals surface area contributed by atoms with Gasteiger partial charge in [-0.2, -0.15) is 4.98 Å². The summed E-state index contributed by atoms with van der Waals surface area (Å²) in [5, 5.41) is 15.2. The minimum Gasteiger partial charge on any atom is -0.354 e. The van der Waals surface area contributed by atoms with Crippen molar-refractivity contribution in [3.63, 3.8) is 0 Å². The van der Waals surface area contributed by atoms with Crippen molar-refractivity contribution in [1.82, 2.24) is 25.0 Å². The molecule has 1 atom stereocenters. The number of rotatable bonds is 7. The molecule has 0 aliphatic carbocycles. The van der Waals surface area contributed by atoms with Gasteiger partial charge in [0.2, 0.25) is 11.7 Å². The first-order chi connectivity index (χ1) is 17.5. The molecular weight excluding hydrogens is 458 g/mol. The van der Waals surface area contributed by atoms with Crippen molar-refractivity contribution in [1.29, 1.82) is 0 Å². The third kappa shape index (κ3) is 4.94. The van der Waals surface area contributed by atoms with Crippen LogP contribution in [0.3, 0.4) is 0 Å². The highest BCUT2D eigenvalue weighted by molar-refractivity contribution is 5.60. The van der Waals surface area contributed by atoms with Crippen LogP contribution in [0.2, 0.25) is 0 Å². The van der Waals surface area contributed by atoms with E-state index in [0.717, 1.165) is 55.2 Å². The van der Waals surface area contributed by atoms with Crippen LogP contribution >= 0.6 is 0 Å². The SMILES string of the molecule is CCc1cc(N2CCN(C(C)c3nc(-c4ccccc4)no3)CC2)nc(-c2ccc([N+](=O)[O-])cc2)n1. The predicted octanol–water partition coefficient (Wildman–Crippen LogP) is 4.55. The van der Waals surface area contributed by atoms with E-state index in [9.17, 15) is 10.1 Å². The average Bonchev–Trinajstić information content (AvgIpc) is 3.43. The third-order valence-corrected chi connectivity index (χ3v) is 6.48. The number of aromatic nitrogens is 4. The van der Waals surface area contributed by atoms with Crippen molar-refractivity contribution in [3.8, 4) is 22.8 Å². The topological polar surface area (TPSA) is 114 Å². The quantitative estimate of drug-likeness (QED) is 0.275. The second-order valence-corrected chi connectivity index (χ2v) is 8.72. The zero-order chi connectivity index (χ0) is 25.1. The van der Waals surface area contributed by atoms with Gasteiger partial charge >= 0.3 is 0 Å². The molecule has 10 heteroatoms. The number of non-ortho nitro benzene ring substituents is 1. The Morgan fingerprint density at radius 3 is 2.31 bits per heavy atom. The summed E-state index contributed by atoms with van der Waals surface area (Å²) < 4.78 is 5.58. The zero-order valence-electron chi connectivity index (χ0n) is 20.2. The Morgan fingerprint density at radius 1 is 0.944 bits per heavy atom. The Hall–Kier alpha value is -4.18. The number of nitro groups is 1. The molecule has 10 nitrogen and oxygen atoms in total. The second-order valence-electron chi connectivity index (χ2n) is 8.72. The van der Waals surface area contributed by atoms with Gasteiger partial charge in [-0.05, 0) is 25.5 Å². The maximum Gasteiger partial charge on any atom is 0.269 e. The van der Waals surface area contributed by atoms with Crippen LogP contribution in [0.5, 0.6) is 0 Å². The van der Waals surface area contributed by atoms with E-state index < -0.39 is 4.92 Å². The molecule has 0 spiro atoms. The monoisotopic (exact) mass is 485 g/mol. The summed E-state index contributed by atoms with van der Waals surface area (Å²) in [6.45, 7) is 7.38. The average molecular weight is 486 g/mol. The number of aryl methyl sites for hydroxylation is 1. The fourth-order valence-corrected chi connectivity index (χ4v) is 4.29. The zero-order valence-corrected chi connectivity index (χ0v) is 20.2. The van der Waals surface area contributed by atoms with E-state index in [4.69, 9.17) is 9.51 Å². The molecule has 0 amide bonds. The molecular formula is C26H27N7O3. The first-order valence-electron chi connectivity index (χ1n) is 12.0. The number of benzene rings is 2. The molecule has 36 heavy (non-hydrogen) atoms. The van der Waals surface area contributed by atoms with E-state index >= 15 is 0 Å². The molecule has 1 aliphatic heterocycles. The van der Waals surface area contributed by atoms with Crippen molar-refractivity contribution in [2.45, 2.75) is 26.3 Å². The van der Waals surface area contributed by atoms with Gasteiger partial charge in [-0.25, -0.2) is 9.97 Å². The number of nitrogens with zero attached hydrogens (tertiary/aromatic N) is 7. The smallest absolute Gasteiger partial charge is 0.269 e. The van der Waals surface area contributed by atoms with Crippen molar-refractivity contribution in [2.75, 3.05) is 31.1 Å². The van der Waals surface area contributed by atoms with Crippen LogP contribution in [0.4, 0.5) is 11.5 Å². The summed E-state index contributed by atoms with van der Waals surface area (Å²) >= 11 is 0. The highest BCUT2D eigenvalue weighted by Gasteiger charge is 2.27. The molecule has 0 saturated carbocycles. The lowest BCUT2D eigenvalue weighted by molar-refractivity contribution is -0.384. The highest BCUT2D eigenvalue weighted by Crippen LogP contribution is 2.27. The largest absolute Gasteiger partial charge is 0.354 e. The third-order valence-electron chi connectivity index (χ3n) is 6.48. The van der Waals surface area contributed by atoms with E-state index in [2.05, 4.69) is 38.8 Å². The molecule has 0 radical (unpaired) electrons. The van der Waals surface area contributed by atoms with Crippen LogP contribution in [-0.2, 0) is 6.42 Å². The number of anilines is 1. The van der Waals surface area contributed by atoms with E-state index in [0.29, 0.717) is 17.5 Å². The normalized spacial score (nSPS) is 15.1. The number of hydrogen-bond acceptors (Lipinski definition) is 9. The van der Waals surface area contributed by atoms with Gasteiger partial charge < -0.3 is 9.42 Å². The number of hydrogen-bond donors (Lipinski definition) is 0. The summed E-state index contributed by atoms with van der Waals surface area (Å²) in [4.78, 5) is 29.2. The molecule has 0 N–H and O–H groups in total. The lowest BCUT2D eigenvalue weighted by Crippen LogP contribution is -2.47. The minimum atomic E-state index is -0.407. The van der Waals surface area contributed by atoms with Crippen LogP contribution < -0.4 is 4.90 Å². The molecule has 1 saturated heterocycles. The fourth-order valence-electron chi connectivity index (χ4n) is 4.29. The van der Waals surface area contributed by atoms with E-state index in [-0.39, 0.29) is 11.7 Å². The first kappa shape index (κ1) is 23.6. The Kier molecular flexibility index (Phi) is 6.68. The van der Waals surface area contributed by atoms with Crippen molar-refractivity contribution < 1.29 is 9.45 Å². The summed E-state index contributed by atoms with van der Waals surface area (Å²) in [6.07, 6.45) is 0.771. The van der Waals surface area contributed by atoms with Crippen LogP contribution in [0.1, 0.15) is 31.5 Å². The van der Waals surface area contributed by atoms with Crippen molar-refractivity contribution >= 4 is 11.5 Å². The van der Waals surface area contributed by atoms with Crippen LogP contribution in [0, 0.1) is 10.1 Å². The number of piperazine rings is 1. The van der Waals surface area contributed by atoms with Gasteiger partial charge in [-0.1, -0.05) is 42.4 Å². The Labute approximate surface area is 208 Å². The highest BCUT2D eigenvalue weighted by atomic mass is 16.6. The summed E-state index contributed by atoms with van der Waals surface area (Å²) in [5.74, 6) is 2.65. The lowest BCUT2D eigenvalue weighted by atomic mass is 10.1. The predicted molar refractivity (Wildman–Crippen MR) is 135 cm³/mol. The molecule has 4 aromatic rings. The number of nitro benzene ring substituents is 1. The summed E-state index contributed by atoms with van der Waals surface area (Å²) in [6, 6.07) is 18.2. The summed E-state index contributed by atoms with van der Waals surface area (Å²) in [5.41, 5.74) is 2.68. The summed E-state index contributed by atoms with van der Waals surface area (Å²) in [7, 11) is 0. The molecule has 1 unspecified atom stereocenters. The maximum absolute atomic E-state index is 11.0. The second kappa shape index (κ2) is 10.2. The Morgan fingerprint density at radius 2 is 1.64 bits per heavy atom. The molecule has 1 aliphatic rings. The maximum atomic E-state index is 11.0.